The number of unbranched alkanes of at least 4 members (excludes halogenated alkanes) is 2. The Hall–Kier alpha value is -0.920. The van der Waals surface area contributed by atoms with Crippen LogP contribution < -0.4 is 10.6 Å². The van der Waals surface area contributed by atoms with Gasteiger partial charge in [0.25, 0.3) is 0 Å². The predicted octanol–water partition coefficient (Wildman–Crippen LogP) is 2.50. The summed E-state index contributed by atoms with van der Waals surface area (Å²) in [6.45, 7) is 2.18. The molecule has 0 bridgehead atoms. The molecule has 0 spiro atoms. The lowest BCUT2D eigenvalue weighted by Crippen LogP contribution is -2.30. The normalized spacial score (nSPS) is 16.4. The van der Waals surface area contributed by atoms with E-state index in [-0.39, 0.29) is 0 Å². The molecule has 0 aromatic carbocycles. The Kier molecular flexibility index (Phi) is 5.14. The van der Waals surface area contributed by atoms with Gasteiger partial charge in [0.05, 0.1) is 6.17 Å². The summed E-state index contributed by atoms with van der Waals surface area (Å²) in [6, 6.07) is 0. The van der Waals surface area contributed by atoms with Crippen molar-refractivity contribution in [3.63, 3.8) is 0 Å². The molecule has 1 aliphatic rings. The second-order valence-electron chi connectivity index (χ2n) is 3.38. The van der Waals surface area contributed by atoms with E-state index in [0.29, 0.717) is 6.17 Å². The molecule has 1 rings (SSSR count). The third kappa shape index (κ3) is 4.61. The van der Waals surface area contributed by atoms with Gasteiger partial charge in [-0.05, 0) is 32.1 Å². The highest BCUT2D eigenvalue weighted by Crippen LogP contribution is 2.04. The average molecular weight is 180 g/mol. The van der Waals surface area contributed by atoms with Gasteiger partial charge in [-0.15, -0.1) is 0 Å². The van der Waals surface area contributed by atoms with Crippen LogP contribution in [-0.4, -0.2) is 6.17 Å². The second kappa shape index (κ2) is 6.58. The van der Waals surface area contributed by atoms with E-state index in [2.05, 4.69) is 29.7 Å². The molecule has 0 unspecified atom stereocenters. The first-order valence-corrected chi connectivity index (χ1v) is 5.25. The van der Waals surface area contributed by atoms with Crippen LogP contribution in [0, 0.1) is 0 Å². The molecule has 2 N–H and O–H groups in total. The molecule has 0 fully saturated rings. The lowest BCUT2D eigenvalue weighted by Gasteiger charge is -2.10. The van der Waals surface area contributed by atoms with Gasteiger partial charge in [0.15, 0.2) is 0 Å². The summed E-state index contributed by atoms with van der Waals surface area (Å²) in [5, 5.41) is 6.50. The summed E-state index contributed by atoms with van der Waals surface area (Å²) in [7, 11) is 0. The van der Waals surface area contributed by atoms with Crippen molar-refractivity contribution in [3.05, 3.63) is 24.6 Å². The van der Waals surface area contributed by atoms with Gasteiger partial charge in [-0.2, -0.15) is 0 Å². The van der Waals surface area contributed by atoms with Gasteiger partial charge < -0.3 is 10.6 Å². The summed E-state index contributed by atoms with van der Waals surface area (Å²) < 4.78 is 0. The van der Waals surface area contributed by atoms with Crippen LogP contribution in [0.4, 0.5) is 0 Å². The topological polar surface area (TPSA) is 24.1 Å². The van der Waals surface area contributed by atoms with E-state index >= 15 is 0 Å². The highest BCUT2D eigenvalue weighted by Gasteiger charge is 2.05. The minimum absolute atomic E-state index is 0.482. The van der Waals surface area contributed by atoms with Crippen LogP contribution in [0.2, 0.25) is 0 Å². The first-order valence-electron chi connectivity index (χ1n) is 5.25. The summed E-state index contributed by atoms with van der Waals surface area (Å²) in [6.07, 6.45) is 15.2. The third-order valence-corrected chi connectivity index (χ3v) is 2.19. The van der Waals surface area contributed by atoms with Gasteiger partial charge in [-0.3, -0.25) is 0 Å². The highest BCUT2D eigenvalue weighted by molar-refractivity contribution is 4.90. The fraction of sp³-hybridized carbons (Fsp3) is 0.636. The van der Waals surface area contributed by atoms with Crippen LogP contribution in [0.3, 0.4) is 0 Å². The molecule has 2 heteroatoms. The minimum atomic E-state index is 0.482. The number of nitrogens with one attached hydrogen (secondary N) is 2. The van der Waals surface area contributed by atoms with E-state index in [1.807, 2.05) is 12.4 Å². The van der Waals surface area contributed by atoms with Crippen molar-refractivity contribution in [1.82, 2.24) is 10.6 Å². The zero-order valence-electron chi connectivity index (χ0n) is 8.42. The molecule has 74 valence electrons. The number of hydrogen-bond acceptors (Lipinski definition) is 2. The molecule has 2 nitrogen and oxygen atoms in total. The van der Waals surface area contributed by atoms with E-state index in [1.165, 1.54) is 25.7 Å². The lowest BCUT2D eigenvalue weighted by molar-refractivity contribution is 0.498. The van der Waals surface area contributed by atoms with Crippen molar-refractivity contribution in [2.45, 2.75) is 45.2 Å². The molecule has 0 saturated carbocycles. The Bertz CT molecular complexity index is 165. The van der Waals surface area contributed by atoms with E-state index in [0.717, 1.165) is 6.42 Å². The largest absolute Gasteiger partial charge is 0.370 e. The Morgan fingerprint density at radius 3 is 2.62 bits per heavy atom. The van der Waals surface area contributed by atoms with E-state index < -0.39 is 0 Å². The predicted molar refractivity (Wildman–Crippen MR) is 57.1 cm³/mol. The van der Waals surface area contributed by atoms with Crippen LogP contribution in [0.1, 0.15) is 39.0 Å². The maximum Gasteiger partial charge on any atom is 0.0955 e. The Labute approximate surface area is 81.1 Å². The molecule has 1 aliphatic heterocycles. The summed E-state index contributed by atoms with van der Waals surface area (Å²) in [4.78, 5) is 0. The van der Waals surface area contributed by atoms with Crippen molar-refractivity contribution in [1.29, 1.82) is 0 Å². The van der Waals surface area contributed by atoms with Gasteiger partial charge in [0.1, 0.15) is 0 Å². The minimum Gasteiger partial charge on any atom is -0.370 e. The van der Waals surface area contributed by atoms with Gasteiger partial charge in [-0.25, -0.2) is 0 Å². The van der Waals surface area contributed by atoms with Crippen LogP contribution >= 0.6 is 0 Å². The Balaban J connectivity index is 1.86. The molecule has 0 aromatic heterocycles. The first-order chi connectivity index (χ1) is 6.43. The average Bonchev–Trinajstić information content (AvgIpc) is 2.63. The van der Waals surface area contributed by atoms with Gasteiger partial charge in [-0.1, -0.05) is 19.1 Å². The van der Waals surface area contributed by atoms with Crippen LogP contribution in [0.15, 0.2) is 24.6 Å². The Morgan fingerprint density at radius 1 is 1.15 bits per heavy atom. The standard InChI is InChI=1S/C11H20N2/c1-2-3-4-5-6-7-8-11-12-9-10-13-11/h3-4,9-13H,2,5-8H2,1H3/b4-3+. The molecule has 0 aliphatic carbocycles. The fourth-order valence-electron chi connectivity index (χ4n) is 1.44. The molecule has 0 saturated heterocycles. The van der Waals surface area contributed by atoms with Gasteiger partial charge in [0.2, 0.25) is 0 Å². The van der Waals surface area contributed by atoms with E-state index in [4.69, 9.17) is 0 Å². The zero-order valence-corrected chi connectivity index (χ0v) is 8.42. The third-order valence-electron chi connectivity index (χ3n) is 2.19. The summed E-state index contributed by atoms with van der Waals surface area (Å²) >= 11 is 0. The van der Waals surface area contributed by atoms with E-state index in [9.17, 15) is 0 Å². The number of hydrogen-bond donors (Lipinski definition) is 2. The molecule has 1 heterocycles. The summed E-state index contributed by atoms with van der Waals surface area (Å²) in [5.41, 5.74) is 0. The molecule has 0 aromatic rings. The monoisotopic (exact) mass is 180 g/mol. The molecule has 0 amide bonds. The second-order valence-corrected chi connectivity index (χ2v) is 3.38. The molecular weight excluding hydrogens is 160 g/mol. The maximum atomic E-state index is 3.25. The maximum absolute atomic E-state index is 3.25. The van der Waals surface area contributed by atoms with Crippen molar-refractivity contribution in [2.24, 2.45) is 0 Å². The molecule has 13 heavy (non-hydrogen) atoms. The van der Waals surface area contributed by atoms with Gasteiger partial charge >= 0.3 is 0 Å². The van der Waals surface area contributed by atoms with Crippen LogP contribution in [-0.2, 0) is 0 Å². The quantitative estimate of drug-likeness (QED) is 0.485. The van der Waals surface area contributed by atoms with Gasteiger partial charge in [0, 0.05) is 12.4 Å². The zero-order chi connectivity index (χ0) is 9.36. The van der Waals surface area contributed by atoms with Crippen LogP contribution in [0.25, 0.3) is 0 Å². The van der Waals surface area contributed by atoms with Crippen molar-refractivity contribution < 1.29 is 0 Å². The van der Waals surface area contributed by atoms with E-state index in [1.54, 1.807) is 0 Å². The lowest BCUT2D eigenvalue weighted by atomic mass is 10.1. The highest BCUT2D eigenvalue weighted by atomic mass is 15.1. The van der Waals surface area contributed by atoms with Crippen molar-refractivity contribution in [2.75, 3.05) is 0 Å². The summed E-state index contributed by atoms with van der Waals surface area (Å²) in [5.74, 6) is 0. The smallest absolute Gasteiger partial charge is 0.0955 e. The molecule has 0 atom stereocenters. The van der Waals surface area contributed by atoms with Crippen molar-refractivity contribution in [3.8, 4) is 0 Å². The molecular formula is C11H20N2. The number of rotatable bonds is 6. The fourth-order valence-corrected chi connectivity index (χ4v) is 1.44. The SMILES string of the molecule is CC/C=C/CCCCC1NC=CN1. The number of allylic oxidation sites excluding steroid dienone is 2. The molecule has 0 radical (unpaired) electrons. The Morgan fingerprint density at radius 2 is 1.92 bits per heavy atom. The first kappa shape index (κ1) is 10.2. The van der Waals surface area contributed by atoms with Crippen LogP contribution in [0.5, 0.6) is 0 Å². The van der Waals surface area contributed by atoms with Crippen molar-refractivity contribution >= 4 is 0 Å².